The third-order valence-corrected chi connectivity index (χ3v) is 7.89. The minimum atomic E-state index is -6.00. The van der Waals surface area contributed by atoms with Crippen molar-refractivity contribution in [2.24, 2.45) is 0 Å². The van der Waals surface area contributed by atoms with E-state index in [9.17, 15) is 17.3 Å². The molecule has 42 heavy (non-hydrogen) atoms. The molecule has 0 aromatic heterocycles. The summed E-state index contributed by atoms with van der Waals surface area (Å²) in [5, 5.41) is 3.98. The number of halogens is 4. The largest absolute Gasteiger partial charge is 0.673 e. The summed E-state index contributed by atoms with van der Waals surface area (Å²) in [6.45, 7) is 10.0. The van der Waals surface area contributed by atoms with Crippen molar-refractivity contribution in [1.29, 1.82) is 0 Å². The molecule has 0 bridgehead atoms. The maximum Gasteiger partial charge on any atom is 0.673 e. The van der Waals surface area contributed by atoms with Gasteiger partial charge in [0, 0.05) is 11.1 Å². The number of hydrogen-bond acceptors (Lipinski definition) is 2. The molecular weight excluding hydrogens is 537 g/mol. The van der Waals surface area contributed by atoms with Crippen LogP contribution in [0.2, 0.25) is 0 Å². The molecular formula is C34H36BF4N3. The van der Waals surface area contributed by atoms with Crippen LogP contribution in [-0.2, 0) is 0 Å². The Morgan fingerprint density at radius 1 is 0.690 bits per heavy atom. The molecule has 0 radical (unpaired) electrons. The number of hydrogen-bond donors (Lipinski definition) is 1. The molecule has 3 nitrogen and oxygen atoms in total. The number of amidine groups is 1. The molecule has 2 atom stereocenters. The smallest absolute Gasteiger partial charge is 0.418 e. The van der Waals surface area contributed by atoms with E-state index in [1.807, 2.05) is 0 Å². The Morgan fingerprint density at radius 3 is 1.74 bits per heavy atom. The van der Waals surface area contributed by atoms with Crippen molar-refractivity contribution in [3.8, 4) is 0 Å². The minimum absolute atomic E-state index is 0.163. The first kappa shape index (κ1) is 29.4. The van der Waals surface area contributed by atoms with E-state index in [2.05, 4.69) is 146 Å². The standard InChI is InChI=1S/C34H35N3.BF4/c1-23(2)27-19-13-20-28(24(3)4)33(27)36-22-37-32(26-16-9-6-10-17-26)31(25-14-7-5-8-15-25)35-34(37)29-18-11-12-21-30(29)36;2-1(3,4)5/h5-21,23-24,31-32H,22H2,1-4H3;/q;-1/p+1. The lowest BCUT2D eigenvalue weighted by atomic mass is 9.91. The van der Waals surface area contributed by atoms with Crippen LogP contribution in [0.15, 0.2) is 103 Å². The zero-order valence-electron chi connectivity index (χ0n) is 24.3. The average molecular weight is 573 g/mol. The minimum Gasteiger partial charge on any atom is -0.418 e. The van der Waals surface area contributed by atoms with E-state index in [-0.39, 0.29) is 12.1 Å². The summed E-state index contributed by atoms with van der Waals surface area (Å²) in [5.41, 5.74) is 9.37. The predicted octanol–water partition coefficient (Wildman–Crippen LogP) is 9.19. The van der Waals surface area contributed by atoms with Gasteiger partial charge in [-0.1, -0.05) is 119 Å². The second kappa shape index (κ2) is 12.0. The molecule has 0 saturated heterocycles. The SMILES string of the molecule is CC(C)c1cccc(C(C)C)c1N1C[N+]2=C(NC(c3ccccc3)C2c2ccccc2)c2ccccc21.F[B-](F)(F)F. The van der Waals surface area contributed by atoms with Gasteiger partial charge in [0.1, 0.15) is 0 Å². The molecule has 4 aromatic rings. The predicted molar refractivity (Wildman–Crippen MR) is 164 cm³/mol. The first-order valence-corrected chi connectivity index (χ1v) is 14.4. The fraction of sp³-hybridized carbons (Fsp3) is 0.265. The molecule has 6 rings (SSSR count). The lowest BCUT2D eigenvalue weighted by molar-refractivity contribution is -0.566. The summed E-state index contributed by atoms with van der Waals surface area (Å²) < 4.78 is 41.6. The molecule has 0 amide bonds. The van der Waals surface area contributed by atoms with Crippen LogP contribution in [0, 0.1) is 0 Å². The van der Waals surface area contributed by atoms with E-state index in [4.69, 9.17) is 0 Å². The van der Waals surface area contributed by atoms with Crippen LogP contribution < -0.4 is 10.2 Å². The number of benzene rings is 4. The topological polar surface area (TPSA) is 18.3 Å². The third-order valence-electron chi connectivity index (χ3n) is 7.89. The van der Waals surface area contributed by atoms with Gasteiger partial charge in [-0.2, -0.15) is 0 Å². The van der Waals surface area contributed by atoms with E-state index in [1.165, 1.54) is 45.0 Å². The molecule has 2 heterocycles. The molecule has 2 unspecified atom stereocenters. The van der Waals surface area contributed by atoms with Gasteiger partial charge in [0.2, 0.25) is 0 Å². The third kappa shape index (κ3) is 6.08. The zero-order chi connectivity index (χ0) is 30.0. The van der Waals surface area contributed by atoms with Crippen LogP contribution in [-0.4, -0.2) is 24.3 Å². The van der Waals surface area contributed by atoms with E-state index in [0.29, 0.717) is 11.8 Å². The second-order valence-electron chi connectivity index (χ2n) is 11.4. The summed E-state index contributed by atoms with van der Waals surface area (Å²) in [7, 11) is -6.00. The second-order valence-corrected chi connectivity index (χ2v) is 11.4. The number of anilines is 2. The van der Waals surface area contributed by atoms with E-state index >= 15 is 0 Å². The molecule has 0 aliphatic carbocycles. The first-order valence-electron chi connectivity index (χ1n) is 14.4. The highest BCUT2D eigenvalue weighted by atomic mass is 19.5. The van der Waals surface area contributed by atoms with Gasteiger partial charge in [-0.25, -0.2) is 4.58 Å². The van der Waals surface area contributed by atoms with Crippen LogP contribution in [0.3, 0.4) is 0 Å². The molecule has 1 N–H and O–H groups in total. The lowest BCUT2D eigenvalue weighted by Gasteiger charge is -2.35. The molecule has 4 aromatic carbocycles. The Morgan fingerprint density at radius 2 is 1.19 bits per heavy atom. The van der Waals surface area contributed by atoms with Gasteiger partial charge >= 0.3 is 7.25 Å². The molecule has 0 saturated carbocycles. The monoisotopic (exact) mass is 573 g/mol. The van der Waals surface area contributed by atoms with Gasteiger partial charge in [-0.05, 0) is 35.1 Å². The summed E-state index contributed by atoms with van der Waals surface area (Å²) in [6, 6.07) is 38.0. The summed E-state index contributed by atoms with van der Waals surface area (Å²) in [4.78, 5) is 2.58. The Kier molecular flexibility index (Phi) is 8.44. The van der Waals surface area contributed by atoms with E-state index < -0.39 is 7.25 Å². The van der Waals surface area contributed by atoms with Crippen molar-refractivity contribution in [1.82, 2.24) is 5.32 Å². The summed E-state index contributed by atoms with van der Waals surface area (Å²) >= 11 is 0. The molecule has 2 aliphatic heterocycles. The summed E-state index contributed by atoms with van der Waals surface area (Å²) in [6.07, 6.45) is 0. The van der Waals surface area contributed by atoms with E-state index in [0.717, 1.165) is 6.67 Å². The Balaban J connectivity index is 0.000000652. The van der Waals surface area contributed by atoms with Crippen LogP contribution in [0.5, 0.6) is 0 Å². The maximum absolute atomic E-state index is 9.75. The van der Waals surface area contributed by atoms with Gasteiger partial charge in [0.15, 0.2) is 18.8 Å². The van der Waals surface area contributed by atoms with Crippen molar-refractivity contribution in [3.05, 3.63) is 131 Å². The van der Waals surface area contributed by atoms with Crippen LogP contribution in [0.25, 0.3) is 0 Å². The van der Waals surface area contributed by atoms with Gasteiger partial charge < -0.3 is 22.2 Å². The van der Waals surface area contributed by atoms with Crippen molar-refractivity contribution in [3.63, 3.8) is 0 Å². The quantitative estimate of drug-likeness (QED) is 0.146. The number of rotatable bonds is 5. The van der Waals surface area contributed by atoms with E-state index in [1.54, 1.807) is 0 Å². The molecule has 2 aliphatic rings. The van der Waals surface area contributed by atoms with Crippen molar-refractivity contribution in [2.45, 2.75) is 51.6 Å². The number of para-hydroxylation sites is 2. The summed E-state index contributed by atoms with van der Waals surface area (Å²) in [5.74, 6) is 2.09. The van der Waals surface area contributed by atoms with Crippen LogP contribution in [0.1, 0.15) is 79.4 Å². The number of fused-ring (bicyclic) bond motifs is 2. The molecule has 0 spiro atoms. The first-order chi connectivity index (χ1) is 20.0. The number of nitrogens with zero attached hydrogens (tertiary/aromatic N) is 2. The average Bonchev–Trinajstić information content (AvgIpc) is 3.36. The highest BCUT2D eigenvalue weighted by Crippen LogP contribution is 2.45. The van der Waals surface area contributed by atoms with Crippen molar-refractivity contribution >= 4 is 24.5 Å². The Labute approximate surface area is 245 Å². The highest BCUT2D eigenvalue weighted by Gasteiger charge is 2.47. The normalized spacial score (nSPS) is 17.9. The van der Waals surface area contributed by atoms with Gasteiger partial charge in [-0.15, -0.1) is 0 Å². The van der Waals surface area contributed by atoms with Gasteiger partial charge in [0.05, 0.1) is 16.9 Å². The Hall–Kier alpha value is -4.07. The fourth-order valence-electron chi connectivity index (χ4n) is 6.12. The lowest BCUT2D eigenvalue weighted by Crippen LogP contribution is -2.39. The van der Waals surface area contributed by atoms with Gasteiger partial charge in [-0.3, -0.25) is 5.32 Å². The molecule has 0 fully saturated rings. The van der Waals surface area contributed by atoms with Crippen molar-refractivity contribution < 1.29 is 21.8 Å². The van der Waals surface area contributed by atoms with Crippen LogP contribution >= 0.6 is 0 Å². The highest BCUT2D eigenvalue weighted by molar-refractivity contribution is 6.50. The van der Waals surface area contributed by atoms with Gasteiger partial charge in [0.25, 0.3) is 5.84 Å². The number of nitrogens with one attached hydrogen (secondary N) is 1. The zero-order valence-corrected chi connectivity index (χ0v) is 24.3. The fourth-order valence-corrected chi connectivity index (χ4v) is 6.12. The maximum atomic E-state index is 9.75. The molecule has 8 heteroatoms. The Bertz CT molecular complexity index is 1520. The molecule has 218 valence electrons. The van der Waals surface area contributed by atoms with Crippen LogP contribution in [0.4, 0.5) is 28.6 Å². The van der Waals surface area contributed by atoms with Crippen molar-refractivity contribution in [2.75, 3.05) is 11.6 Å².